The maximum atomic E-state index is 9.13. The summed E-state index contributed by atoms with van der Waals surface area (Å²) in [5, 5.41) is 13.7. The van der Waals surface area contributed by atoms with E-state index in [0.29, 0.717) is 11.6 Å². The predicted octanol–water partition coefficient (Wildman–Crippen LogP) is 3.21. The van der Waals surface area contributed by atoms with E-state index in [-0.39, 0.29) is 6.54 Å². The molecule has 0 radical (unpaired) electrons. The molecule has 0 atom stereocenters. The minimum atomic E-state index is 0.145. The molecule has 0 aliphatic carbocycles. The van der Waals surface area contributed by atoms with E-state index in [9.17, 15) is 0 Å². The molecule has 1 heterocycles. The molecule has 0 aliphatic rings. The summed E-state index contributed by atoms with van der Waals surface area (Å²) in [6.07, 6.45) is 0. The second-order valence-electron chi connectivity index (χ2n) is 6.24. The van der Waals surface area contributed by atoms with E-state index in [0.717, 1.165) is 23.4 Å². The SMILES string of the molecule is COc1ccc(-c2nc(-c3cccc(CN(C)C)c3)nn2CC#N)cc1. The number of ether oxygens (including phenoxy) is 1. The van der Waals surface area contributed by atoms with Crippen molar-refractivity contribution in [2.24, 2.45) is 0 Å². The molecule has 0 saturated heterocycles. The summed E-state index contributed by atoms with van der Waals surface area (Å²) in [6, 6.07) is 17.9. The second kappa shape index (κ2) is 7.81. The van der Waals surface area contributed by atoms with Gasteiger partial charge >= 0.3 is 0 Å². The van der Waals surface area contributed by atoms with Gasteiger partial charge < -0.3 is 9.64 Å². The van der Waals surface area contributed by atoms with Crippen molar-refractivity contribution >= 4 is 0 Å². The zero-order valence-electron chi connectivity index (χ0n) is 15.2. The number of aromatic nitrogens is 3. The van der Waals surface area contributed by atoms with Gasteiger partial charge in [0.15, 0.2) is 11.6 Å². The zero-order valence-corrected chi connectivity index (χ0v) is 15.2. The van der Waals surface area contributed by atoms with Crippen LogP contribution in [0.3, 0.4) is 0 Å². The van der Waals surface area contributed by atoms with Crippen molar-refractivity contribution in [3.05, 3.63) is 54.1 Å². The van der Waals surface area contributed by atoms with Crippen molar-refractivity contribution in [2.45, 2.75) is 13.1 Å². The Morgan fingerprint density at radius 3 is 2.54 bits per heavy atom. The number of benzene rings is 2. The van der Waals surface area contributed by atoms with E-state index in [4.69, 9.17) is 15.0 Å². The number of nitriles is 1. The Hall–Kier alpha value is -3.17. The number of nitrogens with zero attached hydrogens (tertiary/aromatic N) is 5. The third-order valence-electron chi connectivity index (χ3n) is 3.92. The van der Waals surface area contributed by atoms with Gasteiger partial charge in [-0.25, -0.2) is 9.67 Å². The van der Waals surface area contributed by atoms with E-state index in [1.807, 2.05) is 50.5 Å². The lowest BCUT2D eigenvalue weighted by atomic mass is 10.1. The Morgan fingerprint density at radius 1 is 1.12 bits per heavy atom. The molecule has 0 spiro atoms. The van der Waals surface area contributed by atoms with Gasteiger partial charge in [0.25, 0.3) is 0 Å². The molecule has 0 N–H and O–H groups in total. The van der Waals surface area contributed by atoms with Gasteiger partial charge in [-0.1, -0.05) is 18.2 Å². The normalized spacial score (nSPS) is 10.7. The first-order chi connectivity index (χ1) is 12.6. The molecule has 6 heteroatoms. The molecule has 0 fully saturated rings. The molecule has 132 valence electrons. The van der Waals surface area contributed by atoms with Crippen molar-refractivity contribution < 1.29 is 4.74 Å². The minimum Gasteiger partial charge on any atom is -0.497 e. The average molecular weight is 347 g/mol. The Labute approximate surface area is 153 Å². The molecule has 0 amide bonds. The average Bonchev–Trinajstić information content (AvgIpc) is 3.06. The maximum Gasteiger partial charge on any atom is 0.181 e. The molecule has 3 rings (SSSR count). The first-order valence-corrected chi connectivity index (χ1v) is 8.31. The fraction of sp³-hybridized carbons (Fsp3) is 0.250. The van der Waals surface area contributed by atoms with Crippen LogP contribution in [0, 0.1) is 11.3 Å². The second-order valence-corrected chi connectivity index (χ2v) is 6.24. The fourth-order valence-corrected chi connectivity index (χ4v) is 2.77. The molecule has 0 saturated carbocycles. The third-order valence-corrected chi connectivity index (χ3v) is 3.92. The van der Waals surface area contributed by atoms with Crippen LogP contribution in [-0.4, -0.2) is 40.9 Å². The Kier molecular flexibility index (Phi) is 5.30. The van der Waals surface area contributed by atoms with Crippen LogP contribution in [0.1, 0.15) is 5.56 Å². The van der Waals surface area contributed by atoms with Crippen LogP contribution in [0.2, 0.25) is 0 Å². The van der Waals surface area contributed by atoms with Crippen molar-refractivity contribution in [3.63, 3.8) is 0 Å². The van der Waals surface area contributed by atoms with Crippen LogP contribution in [0.4, 0.5) is 0 Å². The van der Waals surface area contributed by atoms with Gasteiger partial charge in [-0.3, -0.25) is 0 Å². The maximum absolute atomic E-state index is 9.13. The smallest absolute Gasteiger partial charge is 0.181 e. The molecular weight excluding hydrogens is 326 g/mol. The summed E-state index contributed by atoms with van der Waals surface area (Å²) in [7, 11) is 5.70. The summed E-state index contributed by atoms with van der Waals surface area (Å²) in [5.41, 5.74) is 3.02. The molecule has 6 nitrogen and oxygen atoms in total. The fourth-order valence-electron chi connectivity index (χ4n) is 2.77. The number of methoxy groups -OCH3 is 1. The molecule has 1 aromatic heterocycles. The van der Waals surface area contributed by atoms with E-state index >= 15 is 0 Å². The lowest BCUT2D eigenvalue weighted by Gasteiger charge is -2.09. The van der Waals surface area contributed by atoms with Crippen LogP contribution in [0.5, 0.6) is 5.75 Å². The van der Waals surface area contributed by atoms with Crippen LogP contribution in [-0.2, 0) is 13.1 Å². The minimum absolute atomic E-state index is 0.145. The molecule has 26 heavy (non-hydrogen) atoms. The highest BCUT2D eigenvalue weighted by Gasteiger charge is 2.14. The molecule has 3 aromatic rings. The zero-order chi connectivity index (χ0) is 18.5. The van der Waals surface area contributed by atoms with Gasteiger partial charge in [-0.15, -0.1) is 5.10 Å². The topological polar surface area (TPSA) is 67.0 Å². The quantitative estimate of drug-likeness (QED) is 0.685. The molecular formula is C20H21N5O. The number of rotatable bonds is 6. The van der Waals surface area contributed by atoms with Crippen LogP contribution < -0.4 is 4.74 Å². The van der Waals surface area contributed by atoms with Gasteiger partial charge in [0.05, 0.1) is 13.2 Å². The first kappa shape index (κ1) is 17.6. The molecule has 0 unspecified atom stereocenters. The van der Waals surface area contributed by atoms with Crippen molar-refractivity contribution in [3.8, 4) is 34.6 Å². The highest BCUT2D eigenvalue weighted by atomic mass is 16.5. The number of hydrogen-bond donors (Lipinski definition) is 0. The summed E-state index contributed by atoms with van der Waals surface area (Å²) in [4.78, 5) is 6.81. The van der Waals surface area contributed by atoms with E-state index in [1.54, 1.807) is 11.8 Å². The highest BCUT2D eigenvalue weighted by molar-refractivity contribution is 5.63. The summed E-state index contributed by atoms with van der Waals surface area (Å²) in [6.45, 7) is 0.990. The Balaban J connectivity index is 2.00. The van der Waals surface area contributed by atoms with E-state index in [1.165, 1.54) is 5.56 Å². The molecule has 0 aliphatic heterocycles. The van der Waals surface area contributed by atoms with Crippen LogP contribution in [0.25, 0.3) is 22.8 Å². The molecule has 0 bridgehead atoms. The summed E-state index contributed by atoms with van der Waals surface area (Å²) < 4.78 is 6.84. The Bertz CT molecular complexity index is 922. The molecule has 2 aromatic carbocycles. The predicted molar refractivity (Wildman–Crippen MR) is 100 cm³/mol. The van der Waals surface area contributed by atoms with Gasteiger partial charge in [-0.05, 0) is 50.0 Å². The third kappa shape index (κ3) is 3.90. The van der Waals surface area contributed by atoms with Gasteiger partial charge in [0, 0.05) is 17.7 Å². The van der Waals surface area contributed by atoms with Crippen molar-refractivity contribution in [2.75, 3.05) is 21.2 Å². The van der Waals surface area contributed by atoms with E-state index < -0.39 is 0 Å². The number of hydrogen-bond acceptors (Lipinski definition) is 5. The van der Waals surface area contributed by atoms with E-state index in [2.05, 4.69) is 28.2 Å². The van der Waals surface area contributed by atoms with Gasteiger partial charge in [-0.2, -0.15) is 5.26 Å². The standard InChI is InChI=1S/C20H21N5O/c1-24(2)14-15-5-4-6-17(13-15)19-22-20(25(23-19)12-11-21)16-7-9-18(26-3)10-8-16/h4-10,13H,12,14H2,1-3H3. The summed E-state index contributed by atoms with van der Waals surface area (Å²) >= 11 is 0. The highest BCUT2D eigenvalue weighted by Crippen LogP contribution is 2.25. The Morgan fingerprint density at radius 2 is 1.88 bits per heavy atom. The van der Waals surface area contributed by atoms with Gasteiger partial charge in [0.1, 0.15) is 12.3 Å². The first-order valence-electron chi connectivity index (χ1n) is 8.31. The van der Waals surface area contributed by atoms with Crippen LogP contribution in [0.15, 0.2) is 48.5 Å². The summed E-state index contributed by atoms with van der Waals surface area (Å²) in [5.74, 6) is 2.06. The van der Waals surface area contributed by atoms with Gasteiger partial charge in [0.2, 0.25) is 0 Å². The van der Waals surface area contributed by atoms with Crippen LogP contribution >= 0.6 is 0 Å². The lowest BCUT2D eigenvalue weighted by Crippen LogP contribution is -2.10. The largest absolute Gasteiger partial charge is 0.497 e. The van der Waals surface area contributed by atoms with Crippen molar-refractivity contribution in [1.29, 1.82) is 5.26 Å². The monoisotopic (exact) mass is 347 g/mol. The lowest BCUT2D eigenvalue weighted by molar-refractivity contribution is 0.402. The van der Waals surface area contributed by atoms with Crippen molar-refractivity contribution in [1.82, 2.24) is 19.7 Å².